The number of hydrogen-bond acceptors (Lipinski definition) is 4. The van der Waals surface area contributed by atoms with E-state index in [-0.39, 0.29) is 5.56 Å². The number of hydroxylamine groups is 1. The average Bonchev–Trinajstić information content (AvgIpc) is 2.37. The molecule has 20 heavy (non-hydrogen) atoms. The summed E-state index contributed by atoms with van der Waals surface area (Å²) >= 11 is 0. The van der Waals surface area contributed by atoms with Crippen LogP contribution in [0, 0.1) is 6.92 Å². The molecule has 5 nitrogen and oxygen atoms in total. The van der Waals surface area contributed by atoms with Crippen LogP contribution in [0.15, 0.2) is 12.1 Å². The zero-order chi connectivity index (χ0) is 15.3. The molecule has 0 aromatic heterocycles. The van der Waals surface area contributed by atoms with E-state index in [4.69, 9.17) is 9.47 Å². The van der Waals surface area contributed by atoms with Gasteiger partial charge in [-0.15, -0.1) is 0 Å². The highest BCUT2D eigenvalue weighted by Crippen LogP contribution is 2.29. The second kappa shape index (κ2) is 6.47. The summed E-state index contributed by atoms with van der Waals surface area (Å²) in [5.74, 6) is -0.0681. The normalized spacial score (nSPS) is 11.1. The molecule has 0 bridgehead atoms. The number of amides is 1. The molecule has 0 aliphatic carbocycles. The SMILES string of the molecule is COc1cc(C(=O)NOCC(F)(F)F)cc(OC)c1C. The van der Waals surface area contributed by atoms with E-state index in [1.807, 2.05) is 0 Å². The van der Waals surface area contributed by atoms with Gasteiger partial charge in [-0.25, -0.2) is 5.48 Å². The van der Waals surface area contributed by atoms with Gasteiger partial charge in [0.1, 0.15) is 11.5 Å². The van der Waals surface area contributed by atoms with Gasteiger partial charge in [-0.1, -0.05) is 0 Å². The first kappa shape index (κ1) is 16.1. The Bertz CT molecular complexity index is 463. The van der Waals surface area contributed by atoms with E-state index in [1.165, 1.54) is 26.4 Å². The van der Waals surface area contributed by atoms with E-state index in [9.17, 15) is 18.0 Å². The van der Waals surface area contributed by atoms with E-state index in [0.717, 1.165) is 0 Å². The number of nitrogens with one attached hydrogen (secondary N) is 1. The van der Waals surface area contributed by atoms with Gasteiger partial charge in [-0.05, 0) is 19.1 Å². The molecule has 0 saturated heterocycles. The lowest BCUT2D eigenvalue weighted by Crippen LogP contribution is -2.29. The number of carbonyl (C=O) groups excluding carboxylic acids is 1. The Morgan fingerprint density at radius 1 is 1.20 bits per heavy atom. The molecule has 1 rings (SSSR count). The van der Waals surface area contributed by atoms with E-state index >= 15 is 0 Å². The molecule has 0 radical (unpaired) electrons. The summed E-state index contributed by atoms with van der Waals surface area (Å²) in [6.07, 6.45) is -4.52. The standard InChI is InChI=1S/C12H14F3NO4/c1-7-9(18-2)4-8(5-10(7)19-3)11(17)16-20-6-12(13,14)15/h4-5H,6H2,1-3H3,(H,16,17). The van der Waals surface area contributed by atoms with E-state index < -0.39 is 18.7 Å². The second-order valence-electron chi connectivity index (χ2n) is 3.84. The zero-order valence-electron chi connectivity index (χ0n) is 11.1. The summed E-state index contributed by atoms with van der Waals surface area (Å²) in [7, 11) is 2.81. The Hall–Kier alpha value is -1.96. The molecule has 112 valence electrons. The van der Waals surface area contributed by atoms with Crippen molar-refractivity contribution < 1.29 is 32.3 Å². The molecule has 0 aliphatic rings. The Labute approximate surface area is 113 Å². The molecule has 0 unspecified atom stereocenters. The van der Waals surface area contributed by atoms with Gasteiger partial charge in [0.15, 0.2) is 6.61 Å². The third-order valence-electron chi connectivity index (χ3n) is 2.42. The van der Waals surface area contributed by atoms with Crippen LogP contribution in [0.4, 0.5) is 13.2 Å². The number of ether oxygens (including phenoxy) is 2. The molecule has 1 N–H and O–H groups in total. The smallest absolute Gasteiger partial charge is 0.414 e. The van der Waals surface area contributed by atoms with E-state index in [2.05, 4.69) is 4.84 Å². The number of methoxy groups -OCH3 is 2. The Balaban J connectivity index is 2.83. The maximum Gasteiger partial charge on any atom is 0.414 e. The first-order valence-electron chi connectivity index (χ1n) is 5.50. The minimum atomic E-state index is -4.52. The van der Waals surface area contributed by atoms with Gasteiger partial charge in [0, 0.05) is 11.1 Å². The second-order valence-corrected chi connectivity index (χ2v) is 3.84. The van der Waals surface area contributed by atoms with E-state index in [1.54, 1.807) is 12.4 Å². The molecular formula is C12H14F3NO4. The minimum absolute atomic E-state index is 0.0616. The molecule has 1 aromatic rings. The quantitative estimate of drug-likeness (QED) is 0.846. The van der Waals surface area contributed by atoms with Crippen LogP contribution in [0.25, 0.3) is 0 Å². The molecule has 0 fully saturated rings. The molecule has 0 atom stereocenters. The van der Waals surface area contributed by atoms with Gasteiger partial charge >= 0.3 is 6.18 Å². The summed E-state index contributed by atoms with van der Waals surface area (Å²) in [5.41, 5.74) is 2.44. The number of rotatable bonds is 5. The van der Waals surface area contributed by atoms with Crippen molar-refractivity contribution in [1.29, 1.82) is 0 Å². The maximum atomic E-state index is 11.9. The van der Waals surface area contributed by atoms with E-state index in [0.29, 0.717) is 17.1 Å². The van der Waals surface area contributed by atoms with Crippen molar-refractivity contribution in [2.45, 2.75) is 13.1 Å². The predicted molar refractivity (Wildman–Crippen MR) is 63.8 cm³/mol. The molecule has 0 heterocycles. The first-order chi connectivity index (χ1) is 9.28. The number of carbonyl (C=O) groups is 1. The predicted octanol–water partition coefficient (Wildman–Crippen LogP) is 2.24. The third-order valence-corrected chi connectivity index (χ3v) is 2.42. The fourth-order valence-corrected chi connectivity index (χ4v) is 1.46. The summed E-state index contributed by atoms with van der Waals surface area (Å²) in [6.45, 7) is 0.151. The third kappa shape index (κ3) is 4.30. The molecular weight excluding hydrogens is 279 g/mol. The van der Waals surface area contributed by atoms with Crippen molar-refractivity contribution in [3.63, 3.8) is 0 Å². The summed E-state index contributed by atoms with van der Waals surface area (Å²) < 4.78 is 45.8. The van der Waals surface area contributed by atoms with Crippen molar-refractivity contribution in [2.24, 2.45) is 0 Å². The lowest BCUT2D eigenvalue weighted by molar-refractivity contribution is -0.184. The van der Waals surface area contributed by atoms with Crippen LogP contribution < -0.4 is 15.0 Å². The highest BCUT2D eigenvalue weighted by Gasteiger charge is 2.28. The van der Waals surface area contributed by atoms with Crippen LogP contribution in [0.3, 0.4) is 0 Å². The molecule has 8 heteroatoms. The lowest BCUT2D eigenvalue weighted by Gasteiger charge is -2.13. The van der Waals surface area contributed by atoms with Crippen molar-refractivity contribution in [1.82, 2.24) is 5.48 Å². The molecule has 1 amide bonds. The van der Waals surface area contributed by atoms with Crippen LogP contribution in [0.1, 0.15) is 15.9 Å². The fourth-order valence-electron chi connectivity index (χ4n) is 1.46. The van der Waals surface area contributed by atoms with Crippen molar-refractivity contribution >= 4 is 5.91 Å². The van der Waals surface area contributed by atoms with Crippen molar-refractivity contribution in [2.75, 3.05) is 20.8 Å². The monoisotopic (exact) mass is 293 g/mol. The summed E-state index contributed by atoms with van der Waals surface area (Å²) in [6, 6.07) is 2.76. The van der Waals surface area contributed by atoms with Gasteiger partial charge < -0.3 is 9.47 Å². The highest BCUT2D eigenvalue weighted by molar-refractivity contribution is 5.94. The van der Waals surface area contributed by atoms with Crippen molar-refractivity contribution in [3.05, 3.63) is 23.3 Å². The highest BCUT2D eigenvalue weighted by atomic mass is 19.4. The molecule has 0 aliphatic heterocycles. The van der Waals surface area contributed by atoms with Crippen LogP contribution in [0.5, 0.6) is 11.5 Å². The van der Waals surface area contributed by atoms with Crippen molar-refractivity contribution in [3.8, 4) is 11.5 Å². The Kier molecular flexibility index (Phi) is 5.20. The Morgan fingerprint density at radius 2 is 1.70 bits per heavy atom. The largest absolute Gasteiger partial charge is 0.496 e. The maximum absolute atomic E-state index is 11.9. The first-order valence-corrected chi connectivity index (χ1v) is 5.50. The zero-order valence-corrected chi connectivity index (χ0v) is 11.1. The van der Waals surface area contributed by atoms with Gasteiger partial charge in [0.2, 0.25) is 0 Å². The lowest BCUT2D eigenvalue weighted by atomic mass is 10.1. The van der Waals surface area contributed by atoms with Gasteiger partial charge in [0.25, 0.3) is 5.91 Å². The van der Waals surface area contributed by atoms with Gasteiger partial charge in [-0.2, -0.15) is 13.2 Å². The topological polar surface area (TPSA) is 56.8 Å². The van der Waals surface area contributed by atoms with Crippen LogP contribution in [-0.2, 0) is 4.84 Å². The van der Waals surface area contributed by atoms with Gasteiger partial charge in [-0.3, -0.25) is 9.63 Å². The minimum Gasteiger partial charge on any atom is -0.496 e. The fraction of sp³-hybridized carbons (Fsp3) is 0.417. The van der Waals surface area contributed by atoms with Crippen LogP contribution in [-0.4, -0.2) is 32.9 Å². The summed E-state index contributed by atoms with van der Waals surface area (Å²) in [5, 5.41) is 0. The molecule has 1 aromatic carbocycles. The van der Waals surface area contributed by atoms with Crippen LogP contribution in [0.2, 0.25) is 0 Å². The number of alkyl halides is 3. The molecule has 0 spiro atoms. The molecule has 0 saturated carbocycles. The Morgan fingerprint density at radius 3 is 2.10 bits per heavy atom. The summed E-state index contributed by atoms with van der Waals surface area (Å²) in [4.78, 5) is 15.7. The van der Waals surface area contributed by atoms with Gasteiger partial charge in [0.05, 0.1) is 14.2 Å². The average molecular weight is 293 g/mol. The van der Waals surface area contributed by atoms with Crippen LogP contribution >= 0.6 is 0 Å². The number of halogens is 3. The number of benzene rings is 1. The number of hydrogen-bond donors (Lipinski definition) is 1.